The van der Waals surface area contributed by atoms with Crippen molar-refractivity contribution in [2.45, 2.75) is 27.3 Å². The highest BCUT2D eigenvalue weighted by Crippen LogP contribution is 2.24. The minimum atomic E-state index is -0.283. The van der Waals surface area contributed by atoms with Crippen LogP contribution in [0.3, 0.4) is 0 Å². The number of carbonyl (C=O) groups is 1. The van der Waals surface area contributed by atoms with E-state index in [0.717, 1.165) is 27.9 Å². The molecule has 0 atom stereocenters. The summed E-state index contributed by atoms with van der Waals surface area (Å²) in [6.07, 6.45) is 3.61. The molecule has 8 nitrogen and oxygen atoms in total. The third kappa shape index (κ3) is 5.17. The van der Waals surface area contributed by atoms with Crippen LogP contribution in [0.4, 0.5) is 16.2 Å². The Morgan fingerprint density at radius 1 is 0.889 bits per heavy atom. The van der Waals surface area contributed by atoms with Gasteiger partial charge in [0.05, 0.1) is 6.33 Å². The third-order valence-corrected chi connectivity index (χ3v) is 6.01. The van der Waals surface area contributed by atoms with Gasteiger partial charge in [-0.3, -0.25) is 0 Å². The Labute approximate surface area is 209 Å². The lowest BCUT2D eigenvalue weighted by Gasteiger charge is -2.10. The highest BCUT2D eigenvalue weighted by Gasteiger charge is 2.14. The number of carbonyl (C=O) groups excluding carboxylic acids is 1. The summed E-state index contributed by atoms with van der Waals surface area (Å²) in [5.74, 6) is 0.920. The van der Waals surface area contributed by atoms with E-state index in [1.807, 2.05) is 98.3 Å². The maximum Gasteiger partial charge on any atom is 0.323 e. The van der Waals surface area contributed by atoms with E-state index in [2.05, 4.69) is 25.8 Å². The molecule has 0 fully saturated rings. The lowest BCUT2D eigenvalue weighted by atomic mass is 10.1. The van der Waals surface area contributed by atoms with Gasteiger partial charge in [0.2, 0.25) is 5.82 Å². The molecule has 0 aliphatic heterocycles. The number of urea groups is 1. The molecule has 0 saturated carbocycles. The first-order chi connectivity index (χ1) is 17.4. The van der Waals surface area contributed by atoms with Crippen LogP contribution in [0.5, 0.6) is 0 Å². The molecule has 0 saturated heterocycles. The molecule has 3 aromatic carbocycles. The predicted molar refractivity (Wildman–Crippen MR) is 140 cm³/mol. The second-order valence-corrected chi connectivity index (χ2v) is 8.74. The summed E-state index contributed by atoms with van der Waals surface area (Å²) in [4.78, 5) is 21.3. The van der Waals surface area contributed by atoms with Crippen LogP contribution in [0.1, 0.15) is 22.3 Å². The lowest BCUT2D eigenvalue weighted by molar-refractivity contribution is 0.262. The van der Waals surface area contributed by atoms with Crippen LogP contribution in [0.25, 0.3) is 23.0 Å². The molecule has 0 spiro atoms. The quantitative estimate of drug-likeness (QED) is 0.302. The summed E-state index contributed by atoms with van der Waals surface area (Å²) < 4.78 is 7.39. The van der Waals surface area contributed by atoms with Gasteiger partial charge in [-0.05, 0) is 67.3 Å². The Kier molecular flexibility index (Phi) is 6.32. The van der Waals surface area contributed by atoms with Crippen molar-refractivity contribution in [2.24, 2.45) is 0 Å². The average Bonchev–Trinajstić information content (AvgIpc) is 3.53. The number of aromatic nitrogens is 4. The van der Waals surface area contributed by atoms with E-state index in [1.54, 1.807) is 6.33 Å². The second-order valence-electron chi connectivity index (χ2n) is 8.74. The zero-order valence-electron chi connectivity index (χ0n) is 20.3. The van der Waals surface area contributed by atoms with Crippen molar-refractivity contribution < 1.29 is 9.32 Å². The van der Waals surface area contributed by atoms with Crippen LogP contribution in [-0.2, 0) is 6.54 Å². The van der Waals surface area contributed by atoms with Crippen molar-refractivity contribution in [3.05, 3.63) is 102 Å². The van der Waals surface area contributed by atoms with E-state index in [-0.39, 0.29) is 6.03 Å². The molecule has 5 rings (SSSR count). The van der Waals surface area contributed by atoms with Gasteiger partial charge in [0.1, 0.15) is 5.69 Å². The Hall–Kier alpha value is -4.72. The standard InChI is InChI=1S/C28H26N6O2/c1-18-8-11-23(14-20(18)3)31-28(35)30-22-12-9-21(10-13-22)15-34-16-25(29-17-34)27-32-26(33-36-27)24-7-5-4-6-19(24)2/h4-14,16-17H,15H2,1-3H3,(H2,30,31,35). The largest absolute Gasteiger partial charge is 0.332 e. The number of benzene rings is 3. The summed E-state index contributed by atoms with van der Waals surface area (Å²) in [5, 5.41) is 9.84. The van der Waals surface area contributed by atoms with Crippen molar-refractivity contribution in [3.63, 3.8) is 0 Å². The van der Waals surface area contributed by atoms with Crippen molar-refractivity contribution in [1.29, 1.82) is 0 Å². The molecule has 36 heavy (non-hydrogen) atoms. The number of imidazole rings is 1. The van der Waals surface area contributed by atoms with Crippen molar-refractivity contribution >= 4 is 17.4 Å². The van der Waals surface area contributed by atoms with E-state index in [0.29, 0.717) is 29.6 Å². The number of rotatable bonds is 6. The Bertz CT molecular complexity index is 1520. The molecule has 0 aliphatic carbocycles. The summed E-state index contributed by atoms with van der Waals surface area (Å²) in [6, 6.07) is 21.1. The van der Waals surface area contributed by atoms with Crippen LogP contribution < -0.4 is 10.6 Å². The zero-order chi connectivity index (χ0) is 25.1. The topological polar surface area (TPSA) is 97.9 Å². The Morgan fingerprint density at radius 2 is 1.64 bits per heavy atom. The number of hydrogen-bond donors (Lipinski definition) is 2. The Morgan fingerprint density at radius 3 is 2.42 bits per heavy atom. The fourth-order valence-corrected chi connectivity index (χ4v) is 3.83. The van der Waals surface area contributed by atoms with E-state index in [9.17, 15) is 4.79 Å². The molecular weight excluding hydrogens is 452 g/mol. The Balaban J connectivity index is 1.20. The molecule has 0 unspecified atom stereocenters. The number of amides is 2. The molecular formula is C28H26N6O2. The van der Waals surface area contributed by atoms with Gasteiger partial charge in [0, 0.05) is 29.7 Å². The summed E-state index contributed by atoms with van der Waals surface area (Å²) >= 11 is 0. The minimum Gasteiger partial charge on any atom is -0.332 e. The highest BCUT2D eigenvalue weighted by molar-refractivity contribution is 5.99. The summed E-state index contributed by atoms with van der Waals surface area (Å²) in [6.45, 7) is 6.68. The molecule has 5 aromatic rings. The van der Waals surface area contributed by atoms with Crippen molar-refractivity contribution in [2.75, 3.05) is 10.6 Å². The lowest BCUT2D eigenvalue weighted by Crippen LogP contribution is -2.19. The summed E-state index contributed by atoms with van der Waals surface area (Å²) in [5.41, 5.74) is 7.47. The molecule has 180 valence electrons. The monoisotopic (exact) mass is 478 g/mol. The van der Waals surface area contributed by atoms with E-state index >= 15 is 0 Å². The van der Waals surface area contributed by atoms with Gasteiger partial charge in [-0.15, -0.1) is 0 Å². The van der Waals surface area contributed by atoms with Gasteiger partial charge in [0.25, 0.3) is 5.89 Å². The molecule has 2 heterocycles. The van der Waals surface area contributed by atoms with Gasteiger partial charge >= 0.3 is 6.03 Å². The van der Waals surface area contributed by atoms with Gasteiger partial charge in [0.15, 0.2) is 0 Å². The molecule has 0 radical (unpaired) electrons. The number of nitrogens with zero attached hydrogens (tertiary/aromatic N) is 4. The molecule has 2 N–H and O–H groups in total. The summed E-state index contributed by atoms with van der Waals surface area (Å²) in [7, 11) is 0. The fourth-order valence-electron chi connectivity index (χ4n) is 3.83. The van der Waals surface area contributed by atoms with Crippen LogP contribution >= 0.6 is 0 Å². The van der Waals surface area contributed by atoms with Crippen LogP contribution in [0, 0.1) is 20.8 Å². The second kappa shape index (κ2) is 9.87. The smallest absolute Gasteiger partial charge is 0.323 e. The van der Waals surface area contributed by atoms with Crippen molar-refractivity contribution in [1.82, 2.24) is 19.7 Å². The average molecular weight is 479 g/mol. The SMILES string of the molecule is Cc1ccc(NC(=O)Nc2ccc(Cn3cnc(-c4nc(-c5ccccc5C)no4)c3)cc2)cc1C. The molecule has 0 bridgehead atoms. The molecule has 8 heteroatoms. The van der Waals surface area contributed by atoms with Crippen LogP contribution in [0.2, 0.25) is 0 Å². The zero-order valence-corrected chi connectivity index (χ0v) is 20.3. The van der Waals surface area contributed by atoms with E-state index in [4.69, 9.17) is 4.52 Å². The van der Waals surface area contributed by atoms with Gasteiger partial charge in [-0.2, -0.15) is 4.98 Å². The van der Waals surface area contributed by atoms with E-state index < -0.39 is 0 Å². The van der Waals surface area contributed by atoms with Gasteiger partial charge < -0.3 is 19.7 Å². The minimum absolute atomic E-state index is 0.283. The fraction of sp³-hybridized carbons (Fsp3) is 0.143. The highest BCUT2D eigenvalue weighted by atomic mass is 16.5. The van der Waals surface area contributed by atoms with E-state index in [1.165, 1.54) is 5.56 Å². The maximum atomic E-state index is 12.3. The first-order valence-electron chi connectivity index (χ1n) is 11.6. The molecule has 0 aliphatic rings. The van der Waals surface area contributed by atoms with Gasteiger partial charge in [-0.25, -0.2) is 9.78 Å². The number of hydrogen-bond acceptors (Lipinski definition) is 5. The number of nitrogens with one attached hydrogen (secondary N) is 2. The number of aryl methyl sites for hydroxylation is 3. The molecule has 2 amide bonds. The first-order valence-corrected chi connectivity index (χ1v) is 11.6. The molecule has 2 aromatic heterocycles. The van der Waals surface area contributed by atoms with Gasteiger partial charge in [-0.1, -0.05) is 47.6 Å². The maximum absolute atomic E-state index is 12.3. The van der Waals surface area contributed by atoms with Crippen molar-refractivity contribution in [3.8, 4) is 23.0 Å². The van der Waals surface area contributed by atoms with Crippen LogP contribution in [-0.4, -0.2) is 25.7 Å². The normalized spacial score (nSPS) is 10.9. The van der Waals surface area contributed by atoms with Crippen LogP contribution in [0.15, 0.2) is 83.8 Å². The first kappa shape index (κ1) is 23.0. The number of anilines is 2. The predicted octanol–water partition coefficient (Wildman–Crippen LogP) is 6.22. The third-order valence-electron chi connectivity index (χ3n) is 6.01.